The van der Waals surface area contributed by atoms with Gasteiger partial charge in [0.15, 0.2) is 0 Å². The van der Waals surface area contributed by atoms with E-state index < -0.39 is 64.3 Å². The molecule has 3 amide bonds. The summed E-state index contributed by atoms with van der Waals surface area (Å²) in [6.45, 7) is 3.24. The Morgan fingerprint density at radius 2 is 1.94 bits per heavy atom. The quantitative estimate of drug-likeness (QED) is 0.712. The number of hydrogen-bond acceptors (Lipinski definition) is 6. The fourth-order valence-corrected chi connectivity index (χ4v) is 5.21. The van der Waals surface area contributed by atoms with E-state index >= 15 is 0 Å². The monoisotopic (exact) mass is 437 g/mol. The molecule has 164 valence electrons. The molecule has 31 heavy (non-hydrogen) atoms. The molecule has 1 N–H and O–H groups in total. The fourth-order valence-electron chi connectivity index (χ4n) is 5.21. The Hall–Kier alpha value is -3.13. The number of halogens is 3. The number of hydrogen-bond donors (Lipinski definition) is 1. The van der Waals surface area contributed by atoms with E-state index in [2.05, 4.69) is 10.1 Å². The van der Waals surface area contributed by atoms with Crippen LogP contribution in [0.3, 0.4) is 0 Å². The van der Waals surface area contributed by atoms with Gasteiger partial charge in [-0.1, -0.05) is 0 Å². The minimum atomic E-state index is -4.83. The van der Waals surface area contributed by atoms with Crippen LogP contribution < -0.4 is 10.2 Å². The normalized spacial score (nSPS) is 34.0. The second-order valence-electron chi connectivity index (χ2n) is 8.30. The number of alkyl halides is 3. The largest absolute Gasteiger partial charge is 0.453 e. The summed E-state index contributed by atoms with van der Waals surface area (Å²) >= 11 is 0. The van der Waals surface area contributed by atoms with Crippen molar-refractivity contribution in [3.8, 4) is 6.07 Å². The molecule has 0 saturated carbocycles. The van der Waals surface area contributed by atoms with Crippen molar-refractivity contribution < 1.29 is 37.0 Å². The zero-order valence-corrected chi connectivity index (χ0v) is 16.7. The van der Waals surface area contributed by atoms with E-state index in [-0.39, 0.29) is 12.1 Å². The van der Waals surface area contributed by atoms with Crippen molar-refractivity contribution in [3.05, 3.63) is 29.3 Å². The van der Waals surface area contributed by atoms with E-state index in [0.717, 1.165) is 17.0 Å². The third-order valence-electron chi connectivity index (χ3n) is 6.50. The van der Waals surface area contributed by atoms with Crippen LogP contribution in [-0.2, 0) is 25.2 Å². The van der Waals surface area contributed by atoms with Gasteiger partial charge in [0.25, 0.3) is 0 Å². The van der Waals surface area contributed by atoms with Crippen LogP contribution >= 0.6 is 0 Å². The number of carbonyl (C=O) groups excluding carboxylic acids is 3. The third kappa shape index (κ3) is 2.81. The van der Waals surface area contributed by atoms with Crippen LogP contribution in [0.2, 0.25) is 0 Å². The number of ether oxygens (including phenoxy) is 2. The van der Waals surface area contributed by atoms with Gasteiger partial charge >= 0.3 is 12.3 Å². The van der Waals surface area contributed by atoms with Gasteiger partial charge in [0.1, 0.15) is 0 Å². The molecule has 3 saturated heterocycles. The van der Waals surface area contributed by atoms with Gasteiger partial charge in [-0.05, 0) is 32.0 Å². The number of anilines is 1. The number of nitriles is 1. The lowest BCUT2D eigenvalue weighted by Gasteiger charge is -2.35. The number of nitrogens with zero attached hydrogens (tertiary/aromatic N) is 2. The maximum absolute atomic E-state index is 13.4. The van der Waals surface area contributed by atoms with Crippen LogP contribution in [0.4, 0.5) is 23.7 Å². The van der Waals surface area contributed by atoms with E-state index in [1.54, 1.807) is 13.8 Å². The van der Waals surface area contributed by atoms with Crippen molar-refractivity contribution in [1.82, 2.24) is 5.32 Å². The zero-order valence-electron chi connectivity index (χ0n) is 16.7. The first-order chi connectivity index (χ1) is 14.4. The molecule has 0 radical (unpaired) electrons. The Kier molecular flexibility index (Phi) is 4.38. The highest BCUT2D eigenvalue weighted by Gasteiger charge is 2.76. The molecule has 11 heteroatoms. The summed E-state index contributed by atoms with van der Waals surface area (Å²) in [6.07, 6.45) is -5.33. The van der Waals surface area contributed by atoms with E-state index in [1.165, 1.54) is 13.2 Å². The Labute approximate surface area is 174 Å². The molecule has 3 aliphatic heterocycles. The van der Waals surface area contributed by atoms with Gasteiger partial charge in [0, 0.05) is 6.42 Å². The predicted molar refractivity (Wildman–Crippen MR) is 97.5 cm³/mol. The summed E-state index contributed by atoms with van der Waals surface area (Å²) < 4.78 is 50.8. The Balaban J connectivity index is 1.75. The van der Waals surface area contributed by atoms with E-state index in [0.29, 0.717) is 6.07 Å². The first-order valence-corrected chi connectivity index (χ1v) is 9.41. The molecule has 4 rings (SSSR count). The molecule has 1 aromatic rings. The summed E-state index contributed by atoms with van der Waals surface area (Å²) in [4.78, 5) is 38.9. The minimum Gasteiger partial charge on any atom is -0.453 e. The Bertz CT molecular complexity index is 1050. The number of alkyl carbamates (subject to hydrolysis) is 1. The van der Waals surface area contributed by atoms with Crippen molar-refractivity contribution in [2.24, 2.45) is 11.8 Å². The van der Waals surface area contributed by atoms with Crippen LogP contribution in [0.5, 0.6) is 0 Å². The summed E-state index contributed by atoms with van der Waals surface area (Å²) in [6, 6.07) is 3.54. The molecule has 0 aromatic heterocycles. The molecule has 0 spiro atoms. The number of imide groups is 1. The molecular formula is C20H18F3N3O5. The Morgan fingerprint density at radius 3 is 2.52 bits per heavy atom. The number of methoxy groups -OCH3 is 1. The summed E-state index contributed by atoms with van der Waals surface area (Å²) in [7, 11) is 1.19. The minimum absolute atomic E-state index is 0.230. The highest BCUT2D eigenvalue weighted by Crippen LogP contribution is 2.61. The molecular weight excluding hydrogens is 419 g/mol. The lowest BCUT2D eigenvalue weighted by Crippen LogP contribution is -2.56. The maximum atomic E-state index is 13.4. The highest BCUT2D eigenvalue weighted by molar-refractivity contribution is 6.23. The molecule has 0 aliphatic carbocycles. The predicted octanol–water partition coefficient (Wildman–Crippen LogP) is 2.36. The topological polar surface area (TPSA) is 109 Å². The molecule has 2 bridgehead atoms. The number of amides is 3. The van der Waals surface area contributed by atoms with Gasteiger partial charge in [-0.15, -0.1) is 0 Å². The van der Waals surface area contributed by atoms with E-state index in [1.807, 2.05) is 0 Å². The number of rotatable bonds is 2. The lowest BCUT2D eigenvalue weighted by molar-refractivity contribution is -0.138. The highest BCUT2D eigenvalue weighted by atomic mass is 19.4. The van der Waals surface area contributed by atoms with Crippen molar-refractivity contribution in [2.75, 3.05) is 12.0 Å². The molecule has 1 aromatic carbocycles. The van der Waals surface area contributed by atoms with Crippen LogP contribution in [0.15, 0.2) is 18.2 Å². The average Bonchev–Trinajstić information content (AvgIpc) is 3.21. The number of benzene rings is 1. The first kappa shape index (κ1) is 21.1. The Morgan fingerprint density at radius 1 is 1.29 bits per heavy atom. The maximum Gasteiger partial charge on any atom is 0.417 e. The van der Waals surface area contributed by atoms with E-state index in [9.17, 15) is 27.6 Å². The number of fused-ring (bicyclic) bond motifs is 5. The summed E-state index contributed by atoms with van der Waals surface area (Å²) in [5.41, 5.74) is -4.44. The second kappa shape index (κ2) is 6.43. The van der Waals surface area contributed by atoms with Gasteiger partial charge in [0.05, 0.1) is 59.1 Å². The zero-order chi connectivity index (χ0) is 22.9. The molecule has 5 atom stereocenters. The van der Waals surface area contributed by atoms with Crippen LogP contribution in [0, 0.1) is 23.2 Å². The summed E-state index contributed by atoms with van der Waals surface area (Å²) in [5, 5.41) is 11.6. The van der Waals surface area contributed by atoms with Gasteiger partial charge in [0.2, 0.25) is 11.8 Å². The van der Waals surface area contributed by atoms with Crippen molar-refractivity contribution in [2.45, 2.75) is 43.7 Å². The lowest BCUT2D eigenvalue weighted by atomic mass is 9.66. The van der Waals surface area contributed by atoms with Crippen LogP contribution in [0.25, 0.3) is 0 Å². The third-order valence-corrected chi connectivity index (χ3v) is 6.50. The average molecular weight is 437 g/mol. The molecule has 0 unspecified atom stereocenters. The van der Waals surface area contributed by atoms with Crippen molar-refractivity contribution in [1.29, 1.82) is 5.26 Å². The number of carbonyl (C=O) groups is 3. The molecule has 8 nitrogen and oxygen atoms in total. The second-order valence-corrected chi connectivity index (χ2v) is 8.30. The van der Waals surface area contributed by atoms with Crippen LogP contribution in [-0.4, -0.2) is 42.3 Å². The van der Waals surface area contributed by atoms with Crippen LogP contribution in [0.1, 0.15) is 31.4 Å². The first-order valence-electron chi connectivity index (χ1n) is 9.41. The SMILES string of the molecule is COC(=O)N[C@@H]1C[C@@]2(C)O[C@]1(C)[C@@H]1C(=O)N(c3ccc(C#N)c(C(F)(F)F)c3)C(=O)[C@H]12. The van der Waals surface area contributed by atoms with Crippen molar-refractivity contribution in [3.63, 3.8) is 0 Å². The molecule has 3 heterocycles. The molecule has 3 aliphatic rings. The number of nitrogens with one attached hydrogen (secondary N) is 1. The van der Waals surface area contributed by atoms with Gasteiger partial charge in [-0.2, -0.15) is 18.4 Å². The smallest absolute Gasteiger partial charge is 0.417 e. The van der Waals surface area contributed by atoms with Gasteiger partial charge < -0.3 is 14.8 Å². The molecule has 3 fully saturated rings. The fraction of sp³-hybridized carbons (Fsp3) is 0.500. The summed E-state index contributed by atoms with van der Waals surface area (Å²) in [5.74, 6) is -3.29. The van der Waals surface area contributed by atoms with E-state index in [4.69, 9.17) is 10.00 Å². The standard InChI is InChI=1S/C20H18F3N3O5/c1-18-7-12(25-17(29)30-3)19(2,31-18)14-13(18)15(27)26(16(14)28)10-5-4-9(8-24)11(6-10)20(21,22)23/h4-6,12-14H,7H2,1-3H3,(H,25,29)/t12-,13+,14+,18-,19+/m1/s1. The van der Waals surface area contributed by atoms with Crippen molar-refractivity contribution >= 4 is 23.6 Å². The van der Waals surface area contributed by atoms with Gasteiger partial charge in [-0.3, -0.25) is 9.59 Å². The van der Waals surface area contributed by atoms with Gasteiger partial charge in [-0.25, -0.2) is 9.69 Å².